The fourth-order valence-corrected chi connectivity index (χ4v) is 2.06. The molecule has 1 aromatic rings. The standard InChI is InChI=1S/C16H26ClNO3/c1-3-15(18)12-13-11-14(17)5-6-16(13)21-8-4-7-20-10-9-19-2/h5-6,11,15H,3-4,7-10,12,18H2,1-2H3. The summed E-state index contributed by atoms with van der Waals surface area (Å²) in [4.78, 5) is 0. The van der Waals surface area contributed by atoms with Crippen LogP contribution in [0.5, 0.6) is 5.75 Å². The highest BCUT2D eigenvalue weighted by atomic mass is 35.5. The molecule has 1 unspecified atom stereocenters. The van der Waals surface area contributed by atoms with Crippen LogP contribution in [-0.4, -0.2) is 39.6 Å². The van der Waals surface area contributed by atoms with Crippen LogP contribution in [0.25, 0.3) is 0 Å². The van der Waals surface area contributed by atoms with Crippen LogP contribution in [0.1, 0.15) is 25.3 Å². The minimum Gasteiger partial charge on any atom is -0.493 e. The van der Waals surface area contributed by atoms with Gasteiger partial charge >= 0.3 is 0 Å². The third-order valence-electron chi connectivity index (χ3n) is 3.15. The van der Waals surface area contributed by atoms with Crippen molar-refractivity contribution in [1.29, 1.82) is 0 Å². The molecular weight excluding hydrogens is 290 g/mol. The number of ether oxygens (including phenoxy) is 3. The van der Waals surface area contributed by atoms with Gasteiger partial charge in [-0.1, -0.05) is 18.5 Å². The van der Waals surface area contributed by atoms with E-state index >= 15 is 0 Å². The average molecular weight is 316 g/mol. The number of nitrogens with two attached hydrogens (primary N) is 1. The van der Waals surface area contributed by atoms with E-state index in [1.807, 2.05) is 18.2 Å². The lowest BCUT2D eigenvalue weighted by Crippen LogP contribution is -2.21. The molecule has 0 spiro atoms. The van der Waals surface area contributed by atoms with Gasteiger partial charge in [0.25, 0.3) is 0 Å². The van der Waals surface area contributed by atoms with Crippen molar-refractivity contribution in [3.63, 3.8) is 0 Å². The second kappa shape index (κ2) is 10.9. The maximum absolute atomic E-state index is 6.05. The maximum Gasteiger partial charge on any atom is 0.122 e. The molecule has 1 atom stereocenters. The van der Waals surface area contributed by atoms with E-state index in [0.717, 1.165) is 30.6 Å². The first-order chi connectivity index (χ1) is 10.2. The van der Waals surface area contributed by atoms with E-state index in [0.29, 0.717) is 31.5 Å². The fourth-order valence-electron chi connectivity index (χ4n) is 1.86. The van der Waals surface area contributed by atoms with Crippen molar-refractivity contribution in [3.8, 4) is 5.75 Å². The van der Waals surface area contributed by atoms with Gasteiger partial charge in [-0.3, -0.25) is 0 Å². The Morgan fingerprint density at radius 3 is 2.71 bits per heavy atom. The van der Waals surface area contributed by atoms with Gasteiger partial charge in [-0.15, -0.1) is 0 Å². The number of hydrogen-bond acceptors (Lipinski definition) is 4. The minimum atomic E-state index is 0.128. The summed E-state index contributed by atoms with van der Waals surface area (Å²) in [5.41, 5.74) is 7.08. The Balaban J connectivity index is 2.39. The zero-order chi connectivity index (χ0) is 15.5. The third-order valence-corrected chi connectivity index (χ3v) is 3.39. The van der Waals surface area contributed by atoms with E-state index in [1.165, 1.54) is 0 Å². The van der Waals surface area contributed by atoms with Crippen LogP contribution in [0, 0.1) is 0 Å². The molecule has 0 aliphatic carbocycles. The van der Waals surface area contributed by atoms with Gasteiger partial charge in [0.1, 0.15) is 5.75 Å². The summed E-state index contributed by atoms with van der Waals surface area (Å²) < 4.78 is 16.1. The molecule has 0 aromatic heterocycles. The van der Waals surface area contributed by atoms with Gasteiger partial charge in [0.15, 0.2) is 0 Å². The van der Waals surface area contributed by atoms with E-state index in [2.05, 4.69) is 6.92 Å². The maximum atomic E-state index is 6.05. The lowest BCUT2D eigenvalue weighted by molar-refractivity contribution is 0.0644. The largest absolute Gasteiger partial charge is 0.493 e. The van der Waals surface area contributed by atoms with Crippen molar-refractivity contribution in [2.75, 3.05) is 33.5 Å². The van der Waals surface area contributed by atoms with Crippen LogP contribution in [0.4, 0.5) is 0 Å². The van der Waals surface area contributed by atoms with E-state index < -0.39 is 0 Å². The molecule has 21 heavy (non-hydrogen) atoms. The van der Waals surface area contributed by atoms with Crippen molar-refractivity contribution in [2.45, 2.75) is 32.2 Å². The average Bonchev–Trinajstić information content (AvgIpc) is 2.48. The van der Waals surface area contributed by atoms with E-state index in [1.54, 1.807) is 7.11 Å². The Morgan fingerprint density at radius 2 is 2.00 bits per heavy atom. The number of benzene rings is 1. The smallest absolute Gasteiger partial charge is 0.122 e. The molecule has 5 heteroatoms. The van der Waals surface area contributed by atoms with Gasteiger partial charge in [0.05, 0.1) is 19.8 Å². The summed E-state index contributed by atoms with van der Waals surface area (Å²) in [7, 11) is 1.66. The molecule has 1 rings (SSSR count). The van der Waals surface area contributed by atoms with Crippen molar-refractivity contribution < 1.29 is 14.2 Å². The predicted molar refractivity (Wildman–Crippen MR) is 86.2 cm³/mol. The van der Waals surface area contributed by atoms with Gasteiger partial charge in [-0.25, -0.2) is 0 Å². The van der Waals surface area contributed by atoms with Crippen LogP contribution in [0.3, 0.4) is 0 Å². The normalized spacial score (nSPS) is 12.4. The second-order valence-corrected chi connectivity index (χ2v) is 5.37. The first-order valence-corrected chi connectivity index (χ1v) is 7.78. The van der Waals surface area contributed by atoms with E-state index in [9.17, 15) is 0 Å². The van der Waals surface area contributed by atoms with Gasteiger partial charge < -0.3 is 19.9 Å². The molecule has 2 N–H and O–H groups in total. The molecule has 0 aliphatic rings. The summed E-state index contributed by atoms with van der Waals surface area (Å²) in [6.45, 7) is 4.60. The van der Waals surface area contributed by atoms with E-state index in [4.69, 9.17) is 31.5 Å². The summed E-state index contributed by atoms with van der Waals surface area (Å²) in [5.74, 6) is 0.861. The van der Waals surface area contributed by atoms with Gasteiger partial charge in [-0.05, 0) is 36.6 Å². The lowest BCUT2D eigenvalue weighted by atomic mass is 10.0. The van der Waals surface area contributed by atoms with Gasteiger partial charge in [0.2, 0.25) is 0 Å². The van der Waals surface area contributed by atoms with Crippen molar-refractivity contribution >= 4 is 11.6 Å². The molecular formula is C16H26ClNO3. The van der Waals surface area contributed by atoms with E-state index in [-0.39, 0.29) is 6.04 Å². The monoisotopic (exact) mass is 315 g/mol. The lowest BCUT2D eigenvalue weighted by Gasteiger charge is -2.15. The van der Waals surface area contributed by atoms with Crippen molar-refractivity contribution in [2.24, 2.45) is 5.73 Å². The first kappa shape index (κ1) is 18.2. The summed E-state index contributed by atoms with van der Waals surface area (Å²) >= 11 is 6.05. The SMILES string of the molecule is CCC(N)Cc1cc(Cl)ccc1OCCCOCCOC. The zero-order valence-electron chi connectivity index (χ0n) is 12.9. The Bertz CT molecular complexity index is 401. The molecule has 0 fully saturated rings. The topological polar surface area (TPSA) is 53.7 Å². The van der Waals surface area contributed by atoms with Gasteiger partial charge in [-0.2, -0.15) is 0 Å². The summed E-state index contributed by atoms with van der Waals surface area (Å²) in [6.07, 6.45) is 2.54. The Kier molecular flexibility index (Phi) is 9.42. The number of hydrogen-bond donors (Lipinski definition) is 1. The van der Waals surface area contributed by atoms with Crippen molar-refractivity contribution in [1.82, 2.24) is 0 Å². The highest BCUT2D eigenvalue weighted by Crippen LogP contribution is 2.24. The zero-order valence-corrected chi connectivity index (χ0v) is 13.7. The quantitative estimate of drug-likeness (QED) is 0.638. The molecule has 0 bridgehead atoms. The highest BCUT2D eigenvalue weighted by molar-refractivity contribution is 6.30. The molecule has 0 saturated heterocycles. The Hall–Kier alpha value is -0.810. The van der Waals surface area contributed by atoms with Crippen LogP contribution in [-0.2, 0) is 15.9 Å². The minimum absolute atomic E-state index is 0.128. The number of methoxy groups -OCH3 is 1. The molecule has 0 heterocycles. The van der Waals surface area contributed by atoms with Crippen LogP contribution < -0.4 is 10.5 Å². The Morgan fingerprint density at radius 1 is 1.19 bits per heavy atom. The molecule has 0 amide bonds. The molecule has 0 aliphatic heterocycles. The summed E-state index contributed by atoms with van der Waals surface area (Å²) in [6, 6.07) is 5.81. The number of rotatable bonds is 11. The molecule has 1 aromatic carbocycles. The van der Waals surface area contributed by atoms with Crippen LogP contribution in [0.15, 0.2) is 18.2 Å². The third kappa shape index (κ3) is 7.67. The molecule has 4 nitrogen and oxygen atoms in total. The summed E-state index contributed by atoms with van der Waals surface area (Å²) in [5, 5.41) is 0.712. The Labute approximate surface area is 132 Å². The van der Waals surface area contributed by atoms with Gasteiger partial charge in [0, 0.05) is 31.2 Å². The number of halogens is 1. The fraction of sp³-hybridized carbons (Fsp3) is 0.625. The highest BCUT2D eigenvalue weighted by Gasteiger charge is 2.09. The predicted octanol–water partition coefficient (Wildman–Crippen LogP) is 3.05. The van der Waals surface area contributed by atoms with Crippen molar-refractivity contribution in [3.05, 3.63) is 28.8 Å². The second-order valence-electron chi connectivity index (χ2n) is 4.93. The van der Waals surface area contributed by atoms with Crippen LogP contribution in [0.2, 0.25) is 5.02 Å². The molecule has 120 valence electrons. The molecule has 0 radical (unpaired) electrons. The molecule has 0 saturated carbocycles. The first-order valence-electron chi connectivity index (χ1n) is 7.40. The van der Waals surface area contributed by atoms with Crippen LogP contribution >= 0.6 is 11.6 Å².